The number of aromatic nitrogens is 1. The van der Waals surface area contributed by atoms with Crippen LogP contribution in [0.2, 0.25) is 0 Å². The Kier molecular flexibility index (Phi) is 2.71. The molecule has 0 bridgehead atoms. The quantitative estimate of drug-likeness (QED) is 0.913. The lowest BCUT2D eigenvalue weighted by molar-refractivity contribution is -0.136. The van der Waals surface area contributed by atoms with E-state index in [1.54, 1.807) is 0 Å². The third-order valence-electron chi connectivity index (χ3n) is 3.56. The third kappa shape index (κ3) is 2.06. The molecule has 1 aliphatic rings. The molecule has 1 aromatic carbocycles. The van der Waals surface area contributed by atoms with Gasteiger partial charge in [-0.25, -0.2) is 4.98 Å². The number of carboxylic acids is 1. The highest BCUT2D eigenvalue weighted by Gasteiger charge is 2.33. The minimum Gasteiger partial charge on any atom is -0.481 e. The van der Waals surface area contributed by atoms with E-state index in [4.69, 9.17) is 5.11 Å². The van der Waals surface area contributed by atoms with Crippen molar-refractivity contribution < 1.29 is 9.90 Å². The van der Waals surface area contributed by atoms with Gasteiger partial charge in [0.15, 0.2) is 0 Å². The van der Waals surface area contributed by atoms with E-state index in [9.17, 15) is 4.79 Å². The first-order chi connectivity index (χ1) is 8.97. The van der Waals surface area contributed by atoms with Crippen molar-refractivity contribution in [2.45, 2.75) is 32.1 Å². The van der Waals surface area contributed by atoms with Gasteiger partial charge in [-0.1, -0.05) is 38.1 Å². The molecule has 0 amide bonds. The van der Waals surface area contributed by atoms with E-state index in [-0.39, 0.29) is 11.8 Å². The molecule has 0 radical (unpaired) electrons. The van der Waals surface area contributed by atoms with Crippen LogP contribution in [0.15, 0.2) is 24.3 Å². The predicted octanol–water partition coefficient (Wildman–Crippen LogP) is 3.27. The van der Waals surface area contributed by atoms with E-state index < -0.39 is 5.97 Å². The van der Waals surface area contributed by atoms with E-state index in [0.717, 1.165) is 17.7 Å². The van der Waals surface area contributed by atoms with E-state index in [2.05, 4.69) is 37.0 Å². The molecule has 0 fully saturated rings. The number of carboxylic acid groups (broad SMARTS) is 1. The van der Waals surface area contributed by atoms with Crippen LogP contribution in [0, 0.1) is 0 Å². The summed E-state index contributed by atoms with van der Waals surface area (Å²) >= 11 is 1.54. The monoisotopic (exact) mass is 273 g/mol. The maximum Gasteiger partial charge on any atom is 0.310 e. The Morgan fingerprint density at radius 1 is 1.42 bits per heavy atom. The summed E-state index contributed by atoms with van der Waals surface area (Å²) in [5.74, 6) is -0.821. The van der Waals surface area contributed by atoms with Gasteiger partial charge in [0.2, 0.25) is 0 Å². The summed E-state index contributed by atoms with van der Waals surface area (Å²) in [6.07, 6.45) is 0.941. The maximum atomic E-state index is 10.8. The molecule has 0 aliphatic heterocycles. The molecule has 0 saturated heterocycles. The Hall–Kier alpha value is -1.68. The van der Waals surface area contributed by atoms with Crippen molar-refractivity contribution in [3.8, 4) is 11.3 Å². The number of hydrogen-bond donors (Lipinski definition) is 1. The van der Waals surface area contributed by atoms with Crippen molar-refractivity contribution in [2.24, 2.45) is 0 Å². The second-order valence-electron chi connectivity index (χ2n) is 5.56. The van der Waals surface area contributed by atoms with E-state index in [0.29, 0.717) is 5.01 Å². The number of aliphatic carboxylic acids is 1. The lowest BCUT2D eigenvalue weighted by atomic mass is 9.74. The maximum absolute atomic E-state index is 10.8. The smallest absolute Gasteiger partial charge is 0.310 e. The number of rotatable bonds is 2. The molecule has 3 nitrogen and oxygen atoms in total. The average Bonchev–Trinajstić information content (AvgIpc) is 2.70. The van der Waals surface area contributed by atoms with Gasteiger partial charge < -0.3 is 5.11 Å². The molecule has 0 unspecified atom stereocenters. The second kappa shape index (κ2) is 4.17. The van der Waals surface area contributed by atoms with Crippen molar-refractivity contribution in [1.82, 2.24) is 4.98 Å². The largest absolute Gasteiger partial charge is 0.481 e. The lowest BCUT2D eigenvalue weighted by Gasteiger charge is -2.31. The van der Waals surface area contributed by atoms with Gasteiger partial charge >= 0.3 is 5.97 Å². The van der Waals surface area contributed by atoms with Crippen molar-refractivity contribution >= 4 is 17.3 Å². The Labute approximate surface area is 115 Å². The zero-order valence-electron chi connectivity index (χ0n) is 10.9. The third-order valence-corrected chi connectivity index (χ3v) is 4.61. The summed E-state index contributed by atoms with van der Waals surface area (Å²) in [7, 11) is 0. The Balaban J connectivity index is 2.14. The van der Waals surface area contributed by atoms with Gasteiger partial charge in [0.25, 0.3) is 0 Å². The van der Waals surface area contributed by atoms with Gasteiger partial charge in [-0.3, -0.25) is 4.79 Å². The summed E-state index contributed by atoms with van der Waals surface area (Å²) in [4.78, 5) is 16.6. The summed E-state index contributed by atoms with van der Waals surface area (Å²) < 4.78 is 0. The van der Waals surface area contributed by atoms with Crippen molar-refractivity contribution in [3.05, 3.63) is 39.7 Å². The molecule has 0 atom stereocenters. The van der Waals surface area contributed by atoms with Crippen LogP contribution in [0.4, 0.5) is 0 Å². The Bertz CT molecular complexity index is 658. The number of carbonyl (C=O) groups is 1. The predicted molar refractivity (Wildman–Crippen MR) is 75.6 cm³/mol. The fourth-order valence-corrected chi connectivity index (χ4v) is 4.01. The van der Waals surface area contributed by atoms with Crippen LogP contribution in [0.25, 0.3) is 11.3 Å². The summed E-state index contributed by atoms with van der Waals surface area (Å²) in [6, 6.07) is 8.30. The van der Waals surface area contributed by atoms with Gasteiger partial charge in [0.1, 0.15) is 5.01 Å². The highest BCUT2D eigenvalue weighted by Crippen LogP contribution is 2.44. The SMILES string of the molecule is CC1(C)Cc2sc(CC(=O)O)nc2-c2ccccc21. The highest BCUT2D eigenvalue weighted by molar-refractivity contribution is 7.12. The summed E-state index contributed by atoms with van der Waals surface area (Å²) in [6.45, 7) is 4.46. The fraction of sp³-hybridized carbons (Fsp3) is 0.333. The van der Waals surface area contributed by atoms with Gasteiger partial charge in [0, 0.05) is 10.4 Å². The van der Waals surface area contributed by atoms with Crippen LogP contribution in [0.1, 0.15) is 29.3 Å². The Morgan fingerprint density at radius 3 is 2.89 bits per heavy atom. The van der Waals surface area contributed by atoms with Gasteiger partial charge in [-0.05, 0) is 17.4 Å². The van der Waals surface area contributed by atoms with Crippen LogP contribution in [-0.4, -0.2) is 16.1 Å². The molecule has 2 aromatic rings. The second-order valence-corrected chi connectivity index (χ2v) is 6.72. The first-order valence-electron chi connectivity index (χ1n) is 6.27. The number of nitrogens with zero attached hydrogens (tertiary/aromatic N) is 1. The minimum absolute atomic E-state index is 0.0141. The molecule has 98 valence electrons. The molecule has 0 saturated carbocycles. The van der Waals surface area contributed by atoms with Crippen LogP contribution in [0.5, 0.6) is 0 Å². The molecule has 3 rings (SSSR count). The summed E-state index contributed by atoms with van der Waals surface area (Å²) in [5.41, 5.74) is 3.52. The molecule has 19 heavy (non-hydrogen) atoms. The highest BCUT2D eigenvalue weighted by atomic mass is 32.1. The van der Waals surface area contributed by atoms with Gasteiger partial charge in [0.05, 0.1) is 12.1 Å². The molecular weight excluding hydrogens is 258 g/mol. The average molecular weight is 273 g/mol. The van der Waals surface area contributed by atoms with Crippen molar-refractivity contribution in [3.63, 3.8) is 0 Å². The number of fused-ring (bicyclic) bond motifs is 3. The topological polar surface area (TPSA) is 50.2 Å². The van der Waals surface area contributed by atoms with E-state index >= 15 is 0 Å². The number of thiazole rings is 1. The molecule has 1 heterocycles. The lowest BCUT2D eigenvalue weighted by Crippen LogP contribution is -2.24. The van der Waals surface area contributed by atoms with Gasteiger partial charge in [-0.15, -0.1) is 11.3 Å². The fourth-order valence-electron chi connectivity index (χ4n) is 2.71. The normalized spacial score (nSPS) is 15.7. The standard InChI is InChI=1S/C15H15NO2S/c1-15(2)8-11-14(9-5-3-4-6-10(9)15)16-12(19-11)7-13(17)18/h3-6H,7-8H2,1-2H3,(H,17,18). The van der Waals surface area contributed by atoms with Crippen molar-refractivity contribution in [2.75, 3.05) is 0 Å². The molecule has 0 spiro atoms. The zero-order chi connectivity index (χ0) is 13.6. The van der Waals surface area contributed by atoms with E-state index in [1.807, 2.05) is 6.07 Å². The molecular formula is C15H15NO2S. The number of hydrogen-bond acceptors (Lipinski definition) is 3. The Morgan fingerprint density at radius 2 is 2.16 bits per heavy atom. The van der Waals surface area contributed by atoms with Gasteiger partial charge in [-0.2, -0.15) is 0 Å². The van der Waals surface area contributed by atoms with Crippen LogP contribution >= 0.6 is 11.3 Å². The van der Waals surface area contributed by atoms with Crippen LogP contribution in [-0.2, 0) is 23.1 Å². The molecule has 1 aromatic heterocycles. The molecule has 4 heteroatoms. The van der Waals surface area contributed by atoms with Crippen molar-refractivity contribution in [1.29, 1.82) is 0 Å². The first kappa shape index (κ1) is 12.4. The first-order valence-corrected chi connectivity index (χ1v) is 7.09. The molecule has 1 N–H and O–H groups in total. The van der Waals surface area contributed by atoms with E-state index in [1.165, 1.54) is 21.8 Å². The minimum atomic E-state index is -0.821. The van der Waals surface area contributed by atoms with Crippen LogP contribution in [0.3, 0.4) is 0 Å². The van der Waals surface area contributed by atoms with Crippen LogP contribution < -0.4 is 0 Å². The summed E-state index contributed by atoms with van der Waals surface area (Å²) in [5, 5.41) is 9.59. The zero-order valence-corrected chi connectivity index (χ0v) is 11.8. The molecule has 1 aliphatic carbocycles. The number of benzene rings is 1.